The number of anilines is 3. The topological polar surface area (TPSA) is 101 Å². The second-order valence-corrected chi connectivity index (χ2v) is 6.44. The fourth-order valence-corrected chi connectivity index (χ4v) is 1.95. The Balaban J connectivity index is 1.85. The number of benzene rings is 1. The van der Waals surface area contributed by atoms with E-state index in [4.69, 9.17) is 16.3 Å². The van der Waals surface area contributed by atoms with Gasteiger partial charge in [0.25, 0.3) is 0 Å². The quantitative estimate of drug-likeness (QED) is 0.676. The number of alkyl carbamates (subject to hydrolysis) is 1. The van der Waals surface area contributed by atoms with Gasteiger partial charge in [-0.15, -0.1) is 0 Å². The lowest BCUT2D eigenvalue weighted by Crippen LogP contribution is -2.35. The Morgan fingerprint density at radius 3 is 2.44 bits per heavy atom. The van der Waals surface area contributed by atoms with Crippen LogP contribution in [0.3, 0.4) is 0 Å². The number of carbonyl (C=O) groups excluding carboxylic acids is 1. The number of rotatable bonds is 6. The molecule has 0 aliphatic rings. The number of carbonyl (C=O) groups is 1. The monoisotopic (exact) mass is 364 g/mol. The fourth-order valence-electron chi connectivity index (χ4n) is 1.79. The summed E-state index contributed by atoms with van der Waals surface area (Å²) in [5.41, 5.74) is 0.305. The molecule has 25 heavy (non-hydrogen) atoms. The first-order valence-electron chi connectivity index (χ1n) is 7.76. The van der Waals surface area contributed by atoms with Crippen molar-refractivity contribution in [2.24, 2.45) is 0 Å². The predicted octanol–water partition coefficient (Wildman–Crippen LogP) is 3.21. The lowest BCUT2D eigenvalue weighted by molar-refractivity contribution is 0.0530. The Kier molecular flexibility index (Phi) is 6.35. The van der Waals surface area contributed by atoms with E-state index in [9.17, 15) is 4.79 Å². The number of aromatic nitrogens is 3. The smallest absolute Gasteiger partial charge is 0.407 e. The lowest BCUT2D eigenvalue weighted by Gasteiger charge is -2.19. The van der Waals surface area contributed by atoms with E-state index in [1.54, 1.807) is 20.8 Å². The van der Waals surface area contributed by atoms with E-state index < -0.39 is 11.7 Å². The zero-order valence-corrected chi connectivity index (χ0v) is 15.1. The molecule has 9 heteroatoms. The van der Waals surface area contributed by atoms with Crippen molar-refractivity contribution in [1.29, 1.82) is 0 Å². The lowest BCUT2D eigenvalue weighted by atomic mass is 10.2. The number of hydrogen-bond donors (Lipinski definition) is 3. The minimum atomic E-state index is -0.530. The van der Waals surface area contributed by atoms with E-state index >= 15 is 0 Å². The molecule has 0 aliphatic carbocycles. The van der Waals surface area contributed by atoms with Crippen LogP contribution in [-0.2, 0) is 4.74 Å². The van der Waals surface area contributed by atoms with E-state index in [-0.39, 0.29) is 5.28 Å². The van der Waals surface area contributed by atoms with Gasteiger partial charge in [0.15, 0.2) is 0 Å². The summed E-state index contributed by atoms with van der Waals surface area (Å²) < 4.78 is 5.14. The maximum Gasteiger partial charge on any atom is 0.407 e. The molecule has 134 valence electrons. The van der Waals surface area contributed by atoms with Crippen LogP contribution in [0.15, 0.2) is 30.3 Å². The van der Waals surface area contributed by atoms with Gasteiger partial charge in [0.05, 0.1) is 0 Å². The van der Waals surface area contributed by atoms with E-state index in [1.165, 1.54) is 0 Å². The Labute approximate surface area is 151 Å². The standard InChI is InChI=1S/C16H21ClN6O2/c1-16(2,3)25-15(24)19-10-9-18-13-21-12(17)22-14(23-13)20-11-7-5-4-6-8-11/h4-8H,9-10H2,1-3H3,(H,19,24)(H2,18,20,21,22,23). The number of hydrogen-bond acceptors (Lipinski definition) is 7. The molecule has 0 atom stereocenters. The molecular weight excluding hydrogens is 344 g/mol. The molecule has 1 aromatic heterocycles. The summed E-state index contributed by atoms with van der Waals surface area (Å²) in [6.07, 6.45) is -0.477. The number of para-hydroxylation sites is 1. The molecule has 0 bridgehead atoms. The molecule has 0 saturated carbocycles. The van der Waals surface area contributed by atoms with Crippen molar-refractivity contribution in [2.75, 3.05) is 23.7 Å². The minimum absolute atomic E-state index is 0.0658. The first kappa shape index (κ1) is 18.7. The second-order valence-electron chi connectivity index (χ2n) is 6.10. The van der Waals surface area contributed by atoms with Gasteiger partial charge in [0.2, 0.25) is 17.2 Å². The zero-order valence-electron chi connectivity index (χ0n) is 14.3. The maximum absolute atomic E-state index is 11.5. The Morgan fingerprint density at radius 1 is 1.08 bits per heavy atom. The summed E-state index contributed by atoms with van der Waals surface area (Å²) in [6, 6.07) is 9.47. The number of halogens is 1. The van der Waals surface area contributed by atoms with E-state index in [0.29, 0.717) is 25.0 Å². The summed E-state index contributed by atoms with van der Waals surface area (Å²) in [7, 11) is 0. The number of amides is 1. The van der Waals surface area contributed by atoms with Crippen LogP contribution in [0, 0.1) is 0 Å². The fraction of sp³-hybridized carbons (Fsp3) is 0.375. The third-order valence-electron chi connectivity index (χ3n) is 2.71. The summed E-state index contributed by atoms with van der Waals surface area (Å²) in [5, 5.41) is 8.72. The molecule has 0 aliphatic heterocycles. The summed E-state index contributed by atoms with van der Waals surface area (Å²) in [5.74, 6) is 0.637. The maximum atomic E-state index is 11.5. The van der Waals surface area contributed by atoms with E-state index in [0.717, 1.165) is 5.69 Å². The van der Waals surface area contributed by atoms with Gasteiger partial charge in [-0.2, -0.15) is 15.0 Å². The highest BCUT2D eigenvalue weighted by molar-refractivity contribution is 6.28. The van der Waals surface area contributed by atoms with Gasteiger partial charge in [-0.25, -0.2) is 4.79 Å². The van der Waals surface area contributed by atoms with Crippen LogP contribution >= 0.6 is 11.6 Å². The van der Waals surface area contributed by atoms with Gasteiger partial charge in [-0.1, -0.05) is 18.2 Å². The van der Waals surface area contributed by atoms with Crippen LogP contribution in [0.5, 0.6) is 0 Å². The molecule has 8 nitrogen and oxygen atoms in total. The highest BCUT2D eigenvalue weighted by Crippen LogP contribution is 2.15. The molecule has 1 aromatic carbocycles. The summed E-state index contributed by atoms with van der Waals surface area (Å²) >= 11 is 5.92. The van der Waals surface area contributed by atoms with Gasteiger partial charge in [-0.3, -0.25) is 0 Å². The molecule has 0 spiro atoms. The van der Waals surface area contributed by atoms with Crippen molar-refractivity contribution >= 4 is 35.3 Å². The van der Waals surface area contributed by atoms with Crippen molar-refractivity contribution in [2.45, 2.75) is 26.4 Å². The first-order valence-corrected chi connectivity index (χ1v) is 8.14. The molecule has 0 radical (unpaired) electrons. The molecular formula is C16H21ClN6O2. The van der Waals surface area contributed by atoms with Crippen molar-refractivity contribution in [3.05, 3.63) is 35.6 Å². The van der Waals surface area contributed by atoms with E-state index in [1.807, 2.05) is 30.3 Å². The molecule has 0 fully saturated rings. The molecule has 2 aromatic rings. The van der Waals surface area contributed by atoms with Crippen molar-refractivity contribution in [3.8, 4) is 0 Å². The number of nitrogens with one attached hydrogen (secondary N) is 3. The minimum Gasteiger partial charge on any atom is -0.444 e. The zero-order chi connectivity index (χ0) is 18.3. The molecule has 0 saturated heterocycles. The Hall–Kier alpha value is -2.61. The molecule has 1 heterocycles. The first-order chi connectivity index (χ1) is 11.8. The SMILES string of the molecule is CC(C)(C)OC(=O)NCCNc1nc(Cl)nc(Nc2ccccc2)n1. The normalized spacial score (nSPS) is 10.9. The number of nitrogens with zero attached hydrogens (tertiary/aromatic N) is 3. The van der Waals surface area contributed by atoms with Crippen molar-refractivity contribution < 1.29 is 9.53 Å². The molecule has 3 N–H and O–H groups in total. The predicted molar refractivity (Wildman–Crippen MR) is 97.3 cm³/mol. The van der Waals surface area contributed by atoms with Crippen LogP contribution in [0.25, 0.3) is 0 Å². The van der Waals surface area contributed by atoms with E-state index in [2.05, 4.69) is 30.9 Å². The summed E-state index contributed by atoms with van der Waals surface area (Å²) in [4.78, 5) is 23.8. The highest BCUT2D eigenvalue weighted by atomic mass is 35.5. The van der Waals surface area contributed by atoms with Crippen LogP contribution in [-0.4, -0.2) is 39.7 Å². The van der Waals surface area contributed by atoms with Gasteiger partial charge >= 0.3 is 6.09 Å². The number of ether oxygens (including phenoxy) is 1. The van der Waals surface area contributed by atoms with Crippen LogP contribution < -0.4 is 16.0 Å². The van der Waals surface area contributed by atoms with Crippen molar-refractivity contribution in [1.82, 2.24) is 20.3 Å². The van der Waals surface area contributed by atoms with Crippen LogP contribution in [0.1, 0.15) is 20.8 Å². The molecule has 1 amide bonds. The highest BCUT2D eigenvalue weighted by Gasteiger charge is 2.15. The third kappa shape index (κ3) is 7.21. The Bertz CT molecular complexity index is 706. The largest absolute Gasteiger partial charge is 0.444 e. The average molecular weight is 365 g/mol. The molecule has 2 rings (SSSR count). The molecule has 0 unspecified atom stereocenters. The van der Waals surface area contributed by atoms with Gasteiger partial charge in [0, 0.05) is 18.8 Å². The average Bonchev–Trinajstić information content (AvgIpc) is 2.50. The van der Waals surface area contributed by atoms with Gasteiger partial charge in [-0.05, 0) is 44.5 Å². The third-order valence-corrected chi connectivity index (χ3v) is 2.88. The van der Waals surface area contributed by atoms with Crippen LogP contribution in [0.4, 0.5) is 22.4 Å². The van der Waals surface area contributed by atoms with Crippen molar-refractivity contribution in [3.63, 3.8) is 0 Å². The Morgan fingerprint density at radius 2 is 1.76 bits per heavy atom. The summed E-state index contributed by atoms with van der Waals surface area (Å²) in [6.45, 7) is 6.17. The van der Waals surface area contributed by atoms with Gasteiger partial charge in [0.1, 0.15) is 5.60 Å². The second kappa shape index (κ2) is 8.48. The van der Waals surface area contributed by atoms with Crippen LogP contribution in [0.2, 0.25) is 5.28 Å². The van der Waals surface area contributed by atoms with Gasteiger partial charge < -0.3 is 20.7 Å².